The van der Waals surface area contributed by atoms with Gasteiger partial charge in [0.1, 0.15) is 23.7 Å². The third-order valence-electron chi connectivity index (χ3n) is 9.09. The molecule has 16 nitrogen and oxygen atoms in total. The van der Waals surface area contributed by atoms with Gasteiger partial charge in [-0.3, -0.25) is 9.59 Å². The third kappa shape index (κ3) is 9.25. The minimum Gasteiger partial charge on any atom is -0.453 e. The Kier molecular flexibility index (Phi) is 13.2. The van der Waals surface area contributed by atoms with Crippen LogP contribution in [-0.2, 0) is 28.5 Å². The number of amides is 4. The second-order valence-corrected chi connectivity index (χ2v) is 14.4. The smallest absolute Gasteiger partial charge is 0.407 e. The van der Waals surface area contributed by atoms with Gasteiger partial charge in [-0.1, -0.05) is 27.7 Å². The summed E-state index contributed by atoms with van der Waals surface area (Å²) in [6.45, 7) is 12.0. The number of imidazole rings is 2. The average Bonchev–Trinajstić information content (AvgIpc) is 3.92. The van der Waals surface area contributed by atoms with Crippen molar-refractivity contribution in [3.8, 4) is 10.6 Å². The van der Waals surface area contributed by atoms with Crippen LogP contribution in [0.15, 0.2) is 24.5 Å². The van der Waals surface area contributed by atoms with Crippen LogP contribution >= 0.6 is 11.3 Å². The van der Waals surface area contributed by atoms with Gasteiger partial charge in [0.2, 0.25) is 18.1 Å². The second-order valence-electron chi connectivity index (χ2n) is 13.3. The van der Waals surface area contributed by atoms with E-state index in [0.717, 1.165) is 15.4 Å². The predicted molar refractivity (Wildman–Crippen MR) is 189 cm³/mol. The molecule has 17 heteroatoms. The van der Waals surface area contributed by atoms with Crippen LogP contribution < -0.4 is 10.6 Å². The van der Waals surface area contributed by atoms with Gasteiger partial charge < -0.3 is 49.3 Å². The summed E-state index contributed by atoms with van der Waals surface area (Å²) in [5, 5.41) is 5.23. The zero-order valence-corrected chi connectivity index (χ0v) is 31.6. The van der Waals surface area contributed by atoms with E-state index in [2.05, 4.69) is 35.3 Å². The molecule has 4 N–H and O–H groups in total. The second kappa shape index (κ2) is 17.2. The number of ether oxygens (including phenoxy) is 4. The maximum Gasteiger partial charge on any atom is 0.407 e. The van der Waals surface area contributed by atoms with Crippen molar-refractivity contribution in [2.24, 2.45) is 11.8 Å². The monoisotopic (exact) mass is 730 g/mol. The Morgan fingerprint density at radius 2 is 1.29 bits per heavy atom. The zero-order chi connectivity index (χ0) is 37.6. The van der Waals surface area contributed by atoms with Gasteiger partial charge in [-0.2, -0.15) is 0 Å². The zero-order valence-electron chi connectivity index (χ0n) is 30.8. The number of thiophene rings is 1. The number of aromatic nitrogens is 4. The summed E-state index contributed by atoms with van der Waals surface area (Å²) in [5.74, 6) is 0.380. The molecule has 0 spiro atoms. The molecule has 3 aromatic heterocycles. The molecule has 4 rings (SSSR count). The Morgan fingerprint density at radius 3 is 1.78 bits per heavy atom. The van der Waals surface area contributed by atoms with Crippen molar-refractivity contribution in [2.45, 2.75) is 77.9 Å². The minimum absolute atomic E-state index is 0.0145. The van der Waals surface area contributed by atoms with E-state index in [1.165, 1.54) is 19.1 Å². The van der Waals surface area contributed by atoms with Gasteiger partial charge in [-0.15, -0.1) is 11.3 Å². The quantitative estimate of drug-likeness (QED) is 0.195. The highest BCUT2D eigenvalue weighted by Gasteiger charge is 2.33. The standard InChI is InChI=1S/C34H50N8O8S/c1-17(2)26(39-33(45)47-9)30(43)41(7)19(5)28-35-13-22(37-28)25-12-11-24(51-25)21-15-49-32(50-16-21)23-14-36-29(38-23)20(6)42(8)31(44)27(18(3)4)40-34(46)48-10/h11-14,17-21,26-27,32H,15-16H2,1-10H3,(H,35,37)(H,36,38)(H,39,45)(H,40,46)/t19-,20-,21?,26-,27-,32?/m1/s1. The summed E-state index contributed by atoms with van der Waals surface area (Å²) in [4.78, 5) is 70.9. The Hall–Kier alpha value is -4.48. The SMILES string of the molecule is COC(=O)N[C@@H](C(=O)N(C)[C@H](C)c1ncc(-c2ccc(C3COC(c4cnc([C@@H](C)N(C)C(=O)[C@H](NC(=O)OC)C(C)C)[nH]4)OC3)s2)[nH]1)C(C)C. The van der Waals surface area contributed by atoms with E-state index in [-0.39, 0.29) is 35.6 Å². The van der Waals surface area contributed by atoms with Crippen molar-refractivity contribution in [2.75, 3.05) is 41.5 Å². The third-order valence-corrected chi connectivity index (χ3v) is 10.4. The molecule has 0 unspecified atom stereocenters. The minimum atomic E-state index is -0.754. The molecule has 51 heavy (non-hydrogen) atoms. The van der Waals surface area contributed by atoms with E-state index >= 15 is 0 Å². The fourth-order valence-electron chi connectivity index (χ4n) is 5.51. The van der Waals surface area contributed by atoms with Crippen LogP contribution in [0.5, 0.6) is 0 Å². The maximum absolute atomic E-state index is 13.2. The van der Waals surface area contributed by atoms with Crippen molar-refractivity contribution < 1.29 is 38.1 Å². The summed E-state index contributed by atoms with van der Waals surface area (Å²) >= 11 is 1.61. The maximum atomic E-state index is 13.2. The van der Waals surface area contributed by atoms with E-state index in [0.29, 0.717) is 30.6 Å². The number of methoxy groups -OCH3 is 2. The molecule has 0 aromatic carbocycles. The van der Waals surface area contributed by atoms with Crippen LogP contribution in [0.1, 0.15) is 88.1 Å². The summed E-state index contributed by atoms with van der Waals surface area (Å²) in [5.41, 5.74) is 1.46. The van der Waals surface area contributed by atoms with Crippen LogP contribution in [0, 0.1) is 11.8 Å². The molecule has 0 bridgehead atoms. The van der Waals surface area contributed by atoms with Crippen molar-refractivity contribution >= 4 is 35.3 Å². The lowest BCUT2D eigenvalue weighted by Gasteiger charge is -2.30. The largest absolute Gasteiger partial charge is 0.453 e. The lowest BCUT2D eigenvalue weighted by Crippen LogP contribution is -2.50. The molecule has 1 aliphatic rings. The predicted octanol–water partition coefficient (Wildman–Crippen LogP) is 4.49. The molecular weight excluding hydrogens is 680 g/mol. The summed E-state index contributed by atoms with van der Waals surface area (Å²) in [7, 11) is 5.87. The van der Waals surface area contributed by atoms with E-state index in [4.69, 9.17) is 14.2 Å². The number of nitrogens with one attached hydrogen (secondary N) is 4. The Balaban J connectivity index is 1.34. The molecule has 4 heterocycles. The first kappa shape index (κ1) is 39.3. The number of aromatic amines is 2. The number of hydrogen-bond acceptors (Lipinski definition) is 11. The number of alkyl carbamates (subject to hydrolysis) is 2. The van der Waals surface area contributed by atoms with Crippen molar-refractivity contribution in [3.05, 3.63) is 46.7 Å². The number of likely N-dealkylation sites (N-methyl/N-ethyl adjacent to an activating group) is 2. The molecule has 1 saturated heterocycles. The normalized spacial score (nSPS) is 18.4. The number of nitrogens with zero attached hydrogens (tertiary/aromatic N) is 4. The molecule has 4 atom stereocenters. The van der Waals surface area contributed by atoms with Gasteiger partial charge in [-0.05, 0) is 37.8 Å². The average molecular weight is 731 g/mol. The van der Waals surface area contributed by atoms with Crippen LogP contribution in [0.2, 0.25) is 0 Å². The van der Waals surface area contributed by atoms with Gasteiger partial charge in [0, 0.05) is 24.9 Å². The van der Waals surface area contributed by atoms with Crippen LogP contribution in [0.25, 0.3) is 10.6 Å². The summed E-state index contributed by atoms with van der Waals surface area (Å²) in [6, 6.07) is 1.77. The van der Waals surface area contributed by atoms with Crippen molar-refractivity contribution in [1.82, 2.24) is 40.4 Å². The van der Waals surface area contributed by atoms with Crippen LogP contribution in [-0.4, -0.2) is 107 Å². The first-order chi connectivity index (χ1) is 24.2. The number of rotatable bonds is 13. The molecule has 0 saturated carbocycles. The Morgan fingerprint density at radius 1 is 0.804 bits per heavy atom. The molecule has 0 radical (unpaired) electrons. The van der Waals surface area contributed by atoms with Crippen LogP contribution in [0.4, 0.5) is 9.59 Å². The van der Waals surface area contributed by atoms with E-state index < -0.39 is 36.6 Å². The number of hydrogen-bond donors (Lipinski definition) is 4. The molecule has 1 aliphatic heterocycles. The lowest BCUT2D eigenvalue weighted by molar-refractivity contribution is -0.193. The first-order valence-electron chi connectivity index (χ1n) is 16.8. The van der Waals surface area contributed by atoms with Gasteiger partial charge >= 0.3 is 12.2 Å². The van der Waals surface area contributed by atoms with Gasteiger partial charge in [0.25, 0.3) is 0 Å². The van der Waals surface area contributed by atoms with Crippen molar-refractivity contribution in [1.29, 1.82) is 0 Å². The van der Waals surface area contributed by atoms with E-state index in [1.807, 2.05) is 53.7 Å². The summed E-state index contributed by atoms with van der Waals surface area (Å²) in [6.07, 6.45) is 1.42. The fourth-order valence-corrected chi connectivity index (χ4v) is 6.55. The molecular formula is C34H50N8O8S. The Labute approximate surface area is 302 Å². The number of carbonyl (C=O) groups excluding carboxylic acids is 4. The molecule has 4 amide bonds. The fraction of sp³-hybridized carbons (Fsp3) is 0.588. The first-order valence-corrected chi connectivity index (χ1v) is 17.6. The lowest BCUT2D eigenvalue weighted by atomic mass is 10.0. The number of H-pyrrole nitrogens is 2. The molecule has 3 aromatic rings. The highest BCUT2D eigenvalue weighted by molar-refractivity contribution is 7.15. The van der Waals surface area contributed by atoms with Gasteiger partial charge in [0.15, 0.2) is 0 Å². The topological polar surface area (TPSA) is 193 Å². The van der Waals surface area contributed by atoms with Crippen molar-refractivity contribution in [3.63, 3.8) is 0 Å². The molecule has 1 fully saturated rings. The molecule has 0 aliphatic carbocycles. The Bertz CT molecular complexity index is 1650. The molecule has 280 valence electrons. The highest BCUT2D eigenvalue weighted by Crippen LogP contribution is 2.36. The highest BCUT2D eigenvalue weighted by atomic mass is 32.1. The van der Waals surface area contributed by atoms with Gasteiger partial charge in [0.05, 0.1) is 68.2 Å². The van der Waals surface area contributed by atoms with Gasteiger partial charge in [-0.25, -0.2) is 19.6 Å². The van der Waals surface area contributed by atoms with E-state index in [1.54, 1.807) is 42.7 Å². The number of carbonyl (C=O) groups is 4. The summed E-state index contributed by atoms with van der Waals surface area (Å²) < 4.78 is 21.6. The van der Waals surface area contributed by atoms with Crippen LogP contribution in [0.3, 0.4) is 0 Å². The van der Waals surface area contributed by atoms with E-state index in [9.17, 15) is 19.2 Å².